The molecule has 3 aromatic rings. The number of nitrogens with zero attached hydrogens (tertiary/aromatic N) is 4. The van der Waals surface area contributed by atoms with Crippen molar-refractivity contribution in [3.63, 3.8) is 0 Å². The Morgan fingerprint density at radius 2 is 2.13 bits per heavy atom. The molecule has 1 amide bonds. The third-order valence-electron chi connectivity index (χ3n) is 6.26. The summed E-state index contributed by atoms with van der Waals surface area (Å²) in [5.74, 6) is -0.120. The maximum Gasteiger partial charge on any atom is 0.245 e. The number of hydrogen-bond donors (Lipinski definition) is 2. The first-order chi connectivity index (χ1) is 18.4. The molecule has 2 heterocycles. The van der Waals surface area contributed by atoms with Gasteiger partial charge in [0.25, 0.3) is 0 Å². The zero-order valence-corrected chi connectivity index (χ0v) is 21.5. The van der Waals surface area contributed by atoms with Crippen LogP contribution in [0.4, 0.5) is 15.8 Å². The lowest BCUT2D eigenvalue weighted by Crippen LogP contribution is -2.41. The smallest absolute Gasteiger partial charge is 0.245 e. The number of amides is 1. The van der Waals surface area contributed by atoms with Crippen LogP contribution in [0.3, 0.4) is 0 Å². The number of carbonyl (C=O) groups excluding carboxylic acids is 1. The summed E-state index contributed by atoms with van der Waals surface area (Å²) in [7, 11) is 1.64. The van der Waals surface area contributed by atoms with E-state index in [1.165, 1.54) is 36.7 Å². The number of carbonyl (C=O) groups is 1. The van der Waals surface area contributed by atoms with Crippen molar-refractivity contribution in [2.75, 3.05) is 25.5 Å². The number of aliphatic imine (C=N–C) groups is 1. The Labute approximate surface area is 224 Å². The lowest BCUT2D eigenvalue weighted by molar-refractivity contribution is -0.127. The Hall–Kier alpha value is -4.42. The Bertz CT molecular complexity index is 1490. The number of ether oxygens (including phenoxy) is 1. The molecular weight excluding hydrogens is 507 g/mol. The molecule has 1 aromatic heterocycles. The normalized spacial score (nSPS) is 14.5. The highest BCUT2D eigenvalue weighted by Crippen LogP contribution is 2.37. The van der Waals surface area contributed by atoms with Crippen LogP contribution >= 0.6 is 11.6 Å². The second-order valence-corrected chi connectivity index (χ2v) is 9.04. The Kier molecular flexibility index (Phi) is 8.24. The standard InChI is InChI=1S/C28H26ClFN6O2/c1-3-27(37)36-8-6-20(7-9-36)38-26-12-22-25(11-21(26)17(13-31)15-33-2)34-16-18(14-32)28(22)35-19-4-5-24(30)23(29)10-19/h3-5,10-13,15-16,20H,1,6-9,31H2,2H3,(H,34,35). The molecule has 10 heteroatoms. The quantitative estimate of drug-likeness (QED) is 0.319. The lowest BCUT2D eigenvalue weighted by Gasteiger charge is -2.32. The van der Waals surface area contributed by atoms with Crippen molar-refractivity contribution >= 4 is 51.6 Å². The van der Waals surface area contributed by atoms with Crippen molar-refractivity contribution in [1.82, 2.24) is 9.88 Å². The number of likely N-dealkylation sites (tertiary alicyclic amines) is 1. The van der Waals surface area contributed by atoms with Crippen LogP contribution in [-0.4, -0.2) is 48.2 Å². The average molecular weight is 533 g/mol. The van der Waals surface area contributed by atoms with Gasteiger partial charge in [0, 0.05) is 73.8 Å². The molecule has 0 aliphatic carbocycles. The monoisotopic (exact) mass is 532 g/mol. The summed E-state index contributed by atoms with van der Waals surface area (Å²) in [5, 5.41) is 13.6. The number of piperidine rings is 1. The molecule has 0 bridgehead atoms. The Morgan fingerprint density at radius 1 is 1.37 bits per heavy atom. The first-order valence-corrected chi connectivity index (χ1v) is 12.3. The molecule has 0 saturated carbocycles. The van der Waals surface area contributed by atoms with Crippen molar-refractivity contribution in [3.8, 4) is 11.8 Å². The van der Waals surface area contributed by atoms with E-state index >= 15 is 0 Å². The molecule has 4 rings (SSSR count). The Morgan fingerprint density at radius 3 is 2.76 bits per heavy atom. The lowest BCUT2D eigenvalue weighted by atomic mass is 10.0. The molecule has 2 aromatic carbocycles. The van der Waals surface area contributed by atoms with E-state index in [-0.39, 0.29) is 22.6 Å². The van der Waals surface area contributed by atoms with Gasteiger partial charge >= 0.3 is 0 Å². The summed E-state index contributed by atoms with van der Waals surface area (Å²) in [6.07, 6.45) is 6.96. The zero-order chi connectivity index (χ0) is 27.2. The van der Waals surface area contributed by atoms with E-state index in [0.29, 0.717) is 65.1 Å². The number of rotatable bonds is 7. The van der Waals surface area contributed by atoms with Gasteiger partial charge in [-0.2, -0.15) is 5.26 Å². The number of hydrogen-bond acceptors (Lipinski definition) is 7. The fourth-order valence-corrected chi connectivity index (χ4v) is 4.50. The van der Waals surface area contributed by atoms with Crippen LogP contribution in [0.5, 0.6) is 5.75 Å². The van der Waals surface area contributed by atoms with Crippen molar-refractivity contribution in [2.45, 2.75) is 18.9 Å². The summed E-state index contributed by atoms with van der Waals surface area (Å²) in [6.45, 7) is 4.65. The van der Waals surface area contributed by atoms with Gasteiger partial charge in [-0.1, -0.05) is 18.2 Å². The highest BCUT2D eigenvalue weighted by molar-refractivity contribution is 6.31. The zero-order valence-electron chi connectivity index (χ0n) is 20.7. The molecule has 1 aliphatic rings. The maximum absolute atomic E-state index is 13.7. The van der Waals surface area contributed by atoms with Gasteiger partial charge in [-0.25, -0.2) is 4.39 Å². The van der Waals surface area contributed by atoms with Gasteiger partial charge in [-0.3, -0.25) is 14.8 Å². The largest absolute Gasteiger partial charge is 0.490 e. The molecule has 0 radical (unpaired) electrons. The minimum Gasteiger partial charge on any atom is -0.490 e. The van der Waals surface area contributed by atoms with Crippen LogP contribution in [0.2, 0.25) is 5.02 Å². The summed E-state index contributed by atoms with van der Waals surface area (Å²) >= 11 is 5.97. The van der Waals surface area contributed by atoms with Gasteiger partial charge in [-0.05, 0) is 36.4 Å². The number of halogens is 2. The number of anilines is 2. The third-order valence-corrected chi connectivity index (χ3v) is 6.55. The molecule has 1 aliphatic heterocycles. The number of aromatic nitrogens is 1. The first kappa shape index (κ1) is 26.6. The van der Waals surface area contributed by atoms with Crippen LogP contribution in [0.25, 0.3) is 16.5 Å². The number of pyridine rings is 1. The summed E-state index contributed by atoms with van der Waals surface area (Å²) in [6, 6.07) is 10.0. The molecule has 0 spiro atoms. The second kappa shape index (κ2) is 11.8. The van der Waals surface area contributed by atoms with Crippen LogP contribution in [0, 0.1) is 17.1 Å². The number of allylic oxidation sites excluding steroid dienone is 1. The highest BCUT2D eigenvalue weighted by atomic mass is 35.5. The SMILES string of the molecule is C=CC(=O)N1CCC(Oc2cc3c(Nc4ccc(F)c(Cl)c4)c(C#N)cnc3cc2C(C=NC)=CN)CC1. The van der Waals surface area contributed by atoms with E-state index in [0.717, 1.165) is 0 Å². The van der Waals surface area contributed by atoms with E-state index < -0.39 is 5.82 Å². The van der Waals surface area contributed by atoms with E-state index in [4.69, 9.17) is 22.1 Å². The molecule has 1 saturated heterocycles. The second-order valence-electron chi connectivity index (χ2n) is 8.63. The van der Waals surface area contributed by atoms with Gasteiger partial charge in [0.2, 0.25) is 5.91 Å². The molecule has 194 valence electrons. The van der Waals surface area contributed by atoms with E-state index in [1.54, 1.807) is 24.2 Å². The molecular formula is C28H26ClFN6O2. The number of fused-ring (bicyclic) bond motifs is 1. The fraction of sp³-hybridized carbons (Fsp3) is 0.214. The molecule has 0 atom stereocenters. The fourth-order valence-electron chi connectivity index (χ4n) is 4.32. The number of benzene rings is 2. The molecule has 3 N–H and O–H groups in total. The van der Waals surface area contributed by atoms with Crippen LogP contribution < -0.4 is 15.8 Å². The predicted molar refractivity (Wildman–Crippen MR) is 148 cm³/mol. The van der Waals surface area contributed by atoms with Crippen LogP contribution in [0.15, 0.2) is 60.4 Å². The summed E-state index contributed by atoms with van der Waals surface area (Å²) < 4.78 is 20.2. The van der Waals surface area contributed by atoms with Gasteiger partial charge in [0.1, 0.15) is 23.7 Å². The summed E-state index contributed by atoms with van der Waals surface area (Å²) in [4.78, 5) is 22.3. The minimum absolute atomic E-state index is 0.0453. The third kappa shape index (κ3) is 5.61. The molecule has 8 nitrogen and oxygen atoms in total. The van der Waals surface area contributed by atoms with Gasteiger partial charge < -0.3 is 20.7 Å². The molecule has 0 unspecified atom stereocenters. The van der Waals surface area contributed by atoms with Crippen LogP contribution in [-0.2, 0) is 4.79 Å². The van der Waals surface area contributed by atoms with Crippen molar-refractivity contribution in [3.05, 3.63) is 77.4 Å². The van der Waals surface area contributed by atoms with Crippen molar-refractivity contribution < 1.29 is 13.9 Å². The number of nitrogens with two attached hydrogens (primary N) is 1. The maximum atomic E-state index is 13.7. The van der Waals surface area contributed by atoms with Gasteiger partial charge in [0.05, 0.1) is 21.8 Å². The van der Waals surface area contributed by atoms with Crippen molar-refractivity contribution in [2.24, 2.45) is 10.7 Å². The predicted octanol–water partition coefficient (Wildman–Crippen LogP) is 5.20. The summed E-state index contributed by atoms with van der Waals surface area (Å²) in [5.41, 5.74) is 9.10. The average Bonchev–Trinajstić information content (AvgIpc) is 2.93. The van der Waals surface area contributed by atoms with Crippen molar-refractivity contribution in [1.29, 1.82) is 5.26 Å². The van der Waals surface area contributed by atoms with Gasteiger partial charge in [-0.15, -0.1) is 0 Å². The number of nitriles is 1. The topological polar surface area (TPSA) is 117 Å². The van der Waals surface area contributed by atoms with E-state index in [2.05, 4.69) is 27.9 Å². The Balaban J connectivity index is 1.80. The number of nitrogens with one attached hydrogen (secondary N) is 1. The van der Waals surface area contributed by atoms with E-state index in [1.807, 2.05) is 6.07 Å². The first-order valence-electron chi connectivity index (χ1n) is 11.9. The minimum atomic E-state index is -0.544. The van der Waals surface area contributed by atoms with E-state index in [9.17, 15) is 14.4 Å². The highest BCUT2D eigenvalue weighted by Gasteiger charge is 2.24. The molecule has 1 fully saturated rings. The van der Waals surface area contributed by atoms with Crippen LogP contribution in [0.1, 0.15) is 24.0 Å². The van der Waals surface area contributed by atoms with Gasteiger partial charge in [0.15, 0.2) is 0 Å². The molecule has 38 heavy (non-hydrogen) atoms.